The van der Waals surface area contributed by atoms with E-state index >= 15 is 0 Å². The Morgan fingerprint density at radius 3 is 3.12 bits per heavy atom. The summed E-state index contributed by atoms with van der Waals surface area (Å²) >= 11 is 1.54. The van der Waals surface area contributed by atoms with Crippen LogP contribution in [0.4, 0.5) is 0 Å². The van der Waals surface area contributed by atoms with Crippen LogP contribution in [0.25, 0.3) is 0 Å². The molecule has 128 valence electrons. The summed E-state index contributed by atoms with van der Waals surface area (Å²) in [6.45, 7) is 3.57. The predicted molar refractivity (Wildman–Crippen MR) is 91.9 cm³/mol. The summed E-state index contributed by atoms with van der Waals surface area (Å²) in [5, 5.41) is 11.0. The monoisotopic (exact) mass is 346 g/mol. The van der Waals surface area contributed by atoms with Crippen molar-refractivity contribution in [2.45, 2.75) is 25.2 Å². The Kier molecular flexibility index (Phi) is 4.39. The Morgan fingerprint density at radius 1 is 1.50 bits per heavy atom. The molecule has 7 heteroatoms. The zero-order valence-corrected chi connectivity index (χ0v) is 14.5. The molecule has 2 fully saturated rings. The topological polar surface area (TPSA) is 59.4 Å². The lowest BCUT2D eigenvalue weighted by Crippen LogP contribution is -2.33. The van der Waals surface area contributed by atoms with Gasteiger partial charge in [-0.1, -0.05) is 0 Å². The maximum absolute atomic E-state index is 12.0. The molecule has 24 heavy (non-hydrogen) atoms. The molecule has 0 aliphatic carbocycles. The minimum atomic E-state index is -0.00452. The van der Waals surface area contributed by atoms with E-state index in [0.717, 1.165) is 31.6 Å². The van der Waals surface area contributed by atoms with Crippen LogP contribution in [0.1, 0.15) is 22.3 Å². The van der Waals surface area contributed by atoms with Crippen LogP contribution in [0.2, 0.25) is 0 Å². The molecule has 6 nitrogen and oxygen atoms in total. The highest BCUT2D eigenvalue weighted by Gasteiger charge is 2.41. The molecule has 2 aromatic rings. The third-order valence-electron chi connectivity index (χ3n) is 4.83. The van der Waals surface area contributed by atoms with Gasteiger partial charge in [0.2, 0.25) is 0 Å². The number of nitrogens with zero attached hydrogens (tertiary/aromatic N) is 3. The molecule has 0 aromatic carbocycles. The van der Waals surface area contributed by atoms with Crippen molar-refractivity contribution in [3.05, 3.63) is 40.3 Å². The quantitative estimate of drug-likeness (QED) is 0.891. The van der Waals surface area contributed by atoms with Crippen LogP contribution in [-0.2, 0) is 18.3 Å². The molecule has 3 atom stereocenters. The van der Waals surface area contributed by atoms with Crippen LogP contribution in [0.5, 0.6) is 0 Å². The molecular weight excluding hydrogens is 324 g/mol. The molecule has 1 N–H and O–H groups in total. The second-order valence-electron chi connectivity index (χ2n) is 6.73. The standard InChI is InChI=1S/C17H22N4O2S/c1-20-7-12(5-19-20)8-21-9-14-4-15(23-16(14)10-21)6-18-17(22)13-2-3-24-11-13/h2-3,5,7,11,14-16H,4,6,8-10H2,1H3,(H,18,22)/t14-,15-,16+/m1/s1. The third kappa shape index (κ3) is 3.38. The minimum Gasteiger partial charge on any atom is -0.371 e. The van der Waals surface area contributed by atoms with Gasteiger partial charge in [-0.15, -0.1) is 0 Å². The van der Waals surface area contributed by atoms with Crippen molar-refractivity contribution in [1.29, 1.82) is 0 Å². The van der Waals surface area contributed by atoms with Crippen molar-refractivity contribution in [2.75, 3.05) is 19.6 Å². The van der Waals surface area contributed by atoms with E-state index in [1.54, 1.807) is 0 Å². The maximum atomic E-state index is 12.0. The molecule has 2 aromatic heterocycles. The molecule has 4 rings (SSSR count). The van der Waals surface area contributed by atoms with E-state index < -0.39 is 0 Å². The van der Waals surface area contributed by atoms with E-state index in [9.17, 15) is 4.79 Å². The average molecular weight is 346 g/mol. The first-order valence-corrected chi connectivity index (χ1v) is 9.27. The lowest BCUT2D eigenvalue weighted by Gasteiger charge is -2.18. The molecule has 2 aliphatic rings. The fourth-order valence-corrected chi connectivity index (χ4v) is 4.36. The van der Waals surface area contributed by atoms with E-state index in [4.69, 9.17) is 4.74 Å². The van der Waals surface area contributed by atoms with Crippen LogP contribution in [0, 0.1) is 5.92 Å². The number of aryl methyl sites for hydroxylation is 1. The van der Waals surface area contributed by atoms with Crippen molar-refractivity contribution in [3.8, 4) is 0 Å². The number of thiophene rings is 1. The smallest absolute Gasteiger partial charge is 0.252 e. The normalized spacial score (nSPS) is 26.6. The first kappa shape index (κ1) is 15.8. The van der Waals surface area contributed by atoms with Crippen LogP contribution >= 0.6 is 11.3 Å². The third-order valence-corrected chi connectivity index (χ3v) is 5.51. The van der Waals surface area contributed by atoms with Gasteiger partial charge in [-0.05, 0) is 17.9 Å². The number of hydrogen-bond donors (Lipinski definition) is 1. The van der Waals surface area contributed by atoms with Gasteiger partial charge in [-0.3, -0.25) is 14.4 Å². The maximum Gasteiger partial charge on any atom is 0.252 e. The SMILES string of the molecule is Cn1cc(CN2C[C@H]3C[C@H](CNC(=O)c4ccsc4)O[C@H]3C2)cn1. The van der Waals surface area contributed by atoms with E-state index in [2.05, 4.69) is 21.5 Å². The zero-order chi connectivity index (χ0) is 16.5. The summed E-state index contributed by atoms with van der Waals surface area (Å²) in [5.74, 6) is 0.569. The molecule has 0 spiro atoms. The largest absolute Gasteiger partial charge is 0.371 e. The summed E-state index contributed by atoms with van der Waals surface area (Å²) in [7, 11) is 1.94. The number of amides is 1. The summed E-state index contributed by atoms with van der Waals surface area (Å²) in [4.78, 5) is 14.4. The summed E-state index contributed by atoms with van der Waals surface area (Å²) < 4.78 is 7.99. The van der Waals surface area contributed by atoms with Crippen molar-refractivity contribution in [2.24, 2.45) is 13.0 Å². The lowest BCUT2D eigenvalue weighted by molar-refractivity contribution is 0.0372. The number of hydrogen-bond acceptors (Lipinski definition) is 5. The molecule has 0 unspecified atom stereocenters. The van der Waals surface area contributed by atoms with Crippen molar-refractivity contribution in [3.63, 3.8) is 0 Å². The minimum absolute atomic E-state index is 0.00452. The number of carbonyl (C=O) groups is 1. The van der Waals surface area contributed by atoms with Gasteiger partial charge in [0, 0.05) is 61.8 Å². The van der Waals surface area contributed by atoms with E-state index in [0.29, 0.717) is 18.6 Å². The van der Waals surface area contributed by atoms with Gasteiger partial charge in [-0.25, -0.2) is 0 Å². The van der Waals surface area contributed by atoms with Crippen molar-refractivity contribution >= 4 is 17.2 Å². The highest BCUT2D eigenvalue weighted by molar-refractivity contribution is 7.08. The first-order valence-electron chi connectivity index (χ1n) is 8.33. The van der Waals surface area contributed by atoms with Gasteiger partial charge in [0.05, 0.1) is 18.4 Å². The lowest BCUT2D eigenvalue weighted by atomic mass is 10.0. The van der Waals surface area contributed by atoms with Gasteiger partial charge in [0.25, 0.3) is 5.91 Å². The molecule has 0 radical (unpaired) electrons. The predicted octanol–water partition coefficient (Wildman–Crippen LogP) is 1.50. The Hall–Kier alpha value is -1.70. The van der Waals surface area contributed by atoms with Crippen LogP contribution in [-0.4, -0.2) is 52.4 Å². The van der Waals surface area contributed by atoms with Crippen molar-refractivity contribution in [1.82, 2.24) is 20.0 Å². The van der Waals surface area contributed by atoms with Crippen LogP contribution in [0.15, 0.2) is 29.2 Å². The van der Waals surface area contributed by atoms with Crippen LogP contribution in [0.3, 0.4) is 0 Å². The Balaban J connectivity index is 1.23. The highest BCUT2D eigenvalue weighted by atomic mass is 32.1. The van der Waals surface area contributed by atoms with Crippen molar-refractivity contribution < 1.29 is 9.53 Å². The second kappa shape index (κ2) is 6.66. The number of carbonyl (C=O) groups excluding carboxylic acids is 1. The molecule has 2 aliphatic heterocycles. The number of aromatic nitrogens is 2. The Bertz CT molecular complexity index is 685. The Labute approximate surface area is 145 Å². The number of rotatable bonds is 5. The second-order valence-corrected chi connectivity index (χ2v) is 7.51. The van der Waals surface area contributed by atoms with Gasteiger partial charge in [0.1, 0.15) is 0 Å². The van der Waals surface area contributed by atoms with E-state index in [1.165, 1.54) is 16.9 Å². The summed E-state index contributed by atoms with van der Waals surface area (Å²) in [6.07, 6.45) is 5.46. The molecule has 4 heterocycles. The molecular formula is C17H22N4O2S. The van der Waals surface area contributed by atoms with Gasteiger partial charge in [-0.2, -0.15) is 16.4 Å². The van der Waals surface area contributed by atoms with Gasteiger partial charge >= 0.3 is 0 Å². The number of fused-ring (bicyclic) bond motifs is 1. The number of nitrogens with one attached hydrogen (secondary N) is 1. The van der Waals surface area contributed by atoms with Crippen LogP contribution < -0.4 is 5.32 Å². The van der Waals surface area contributed by atoms with Gasteiger partial charge in [0.15, 0.2) is 0 Å². The molecule has 1 amide bonds. The average Bonchev–Trinajstić information content (AvgIpc) is 3.29. The fraction of sp³-hybridized carbons (Fsp3) is 0.529. The molecule has 2 saturated heterocycles. The first-order chi connectivity index (χ1) is 11.7. The van der Waals surface area contributed by atoms with E-state index in [1.807, 2.05) is 34.8 Å². The fourth-order valence-electron chi connectivity index (χ4n) is 3.72. The molecule has 0 bridgehead atoms. The number of ether oxygens (including phenoxy) is 1. The molecule has 0 saturated carbocycles. The Morgan fingerprint density at radius 2 is 2.42 bits per heavy atom. The van der Waals surface area contributed by atoms with E-state index in [-0.39, 0.29) is 12.0 Å². The number of likely N-dealkylation sites (tertiary alicyclic amines) is 1. The highest BCUT2D eigenvalue weighted by Crippen LogP contribution is 2.33. The van der Waals surface area contributed by atoms with Gasteiger partial charge < -0.3 is 10.1 Å². The summed E-state index contributed by atoms with van der Waals surface area (Å²) in [6, 6.07) is 1.85. The zero-order valence-electron chi connectivity index (χ0n) is 13.7. The summed E-state index contributed by atoms with van der Waals surface area (Å²) in [5.41, 5.74) is 1.98.